The SMILES string of the molecule is C=CCOC(=O)c1cc2cc(CPOc3ccccc3)ccc2s1.COCC(N)C(=O)OC(C)C. The van der Waals surface area contributed by atoms with Gasteiger partial charge in [0, 0.05) is 18.0 Å². The minimum Gasteiger partial charge on any atom is -0.477 e. The molecule has 2 N–H and O–H groups in total. The van der Waals surface area contributed by atoms with Crippen LogP contribution in [-0.4, -0.2) is 44.4 Å². The van der Waals surface area contributed by atoms with Crippen molar-refractivity contribution in [3.63, 3.8) is 0 Å². The number of methoxy groups -OCH3 is 1. The molecule has 0 aliphatic heterocycles. The zero-order valence-electron chi connectivity index (χ0n) is 20.2. The fourth-order valence-corrected chi connectivity index (χ4v) is 4.47. The molecular formula is C26H32NO6PS. The van der Waals surface area contributed by atoms with Crippen molar-refractivity contribution in [3.05, 3.63) is 77.7 Å². The molecule has 35 heavy (non-hydrogen) atoms. The minimum atomic E-state index is -0.664. The first kappa shape index (κ1) is 28.5. The molecule has 0 amide bonds. The molecular weight excluding hydrogens is 485 g/mol. The van der Waals surface area contributed by atoms with Crippen LogP contribution in [0.5, 0.6) is 5.75 Å². The highest BCUT2D eigenvalue weighted by Crippen LogP contribution is 2.30. The summed E-state index contributed by atoms with van der Waals surface area (Å²) in [5.41, 5.74) is 6.57. The summed E-state index contributed by atoms with van der Waals surface area (Å²) in [4.78, 5) is 23.4. The highest BCUT2D eigenvalue weighted by molar-refractivity contribution is 7.31. The lowest BCUT2D eigenvalue weighted by Gasteiger charge is -2.12. The van der Waals surface area contributed by atoms with Gasteiger partial charge in [0.05, 0.1) is 21.5 Å². The van der Waals surface area contributed by atoms with E-state index in [2.05, 4.69) is 23.4 Å². The Morgan fingerprint density at radius 3 is 2.54 bits per heavy atom. The number of rotatable bonds is 11. The third-order valence-electron chi connectivity index (χ3n) is 4.32. The Morgan fingerprint density at radius 1 is 1.14 bits per heavy atom. The van der Waals surface area contributed by atoms with Gasteiger partial charge in [-0.25, -0.2) is 4.79 Å². The molecule has 7 nitrogen and oxygen atoms in total. The standard InChI is InChI=1S/C19H17O3PS.C7H15NO3/c1-2-10-21-19(20)18-12-15-11-14(8-9-17(15)24-18)13-23-22-16-6-4-3-5-7-16;1-5(2)11-7(9)6(8)4-10-3/h2-9,11-12,23H,1,10,13H2;5-6H,4,8H2,1-3H3. The monoisotopic (exact) mass is 517 g/mol. The maximum Gasteiger partial charge on any atom is 0.348 e. The summed E-state index contributed by atoms with van der Waals surface area (Å²) in [7, 11) is 1.85. The van der Waals surface area contributed by atoms with Gasteiger partial charge in [-0.15, -0.1) is 11.3 Å². The first-order valence-electron chi connectivity index (χ1n) is 11.0. The summed E-state index contributed by atoms with van der Waals surface area (Å²) < 4.78 is 21.4. The average molecular weight is 518 g/mol. The van der Waals surface area contributed by atoms with Gasteiger partial charge in [0.25, 0.3) is 0 Å². The van der Waals surface area contributed by atoms with E-state index in [0.29, 0.717) is 13.7 Å². The molecule has 188 valence electrons. The van der Waals surface area contributed by atoms with E-state index in [1.54, 1.807) is 19.9 Å². The highest BCUT2D eigenvalue weighted by atomic mass is 32.1. The van der Waals surface area contributed by atoms with Crippen molar-refractivity contribution in [2.24, 2.45) is 5.73 Å². The number of ether oxygens (including phenoxy) is 3. The molecule has 0 saturated carbocycles. The molecule has 0 fully saturated rings. The van der Waals surface area contributed by atoms with E-state index in [-0.39, 0.29) is 25.3 Å². The van der Waals surface area contributed by atoms with E-state index in [1.165, 1.54) is 24.0 Å². The van der Waals surface area contributed by atoms with Crippen LogP contribution in [0.25, 0.3) is 10.1 Å². The van der Waals surface area contributed by atoms with Crippen LogP contribution in [0.1, 0.15) is 29.1 Å². The molecule has 0 saturated heterocycles. The largest absolute Gasteiger partial charge is 0.477 e. The fraction of sp³-hybridized carbons (Fsp3) is 0.308. The molecule has 0 radical (unpaired) electrons. The number of thiophene rings is 1. The highest BCUT2D eigenvalue weighted by Gasteiger charge is 2.15. The van der Waals surface area contributed by atoms with Gasteiger partial charge in [-0.3, -0.25) is 4.79 Å². The lowest BCUT2D eigenvalue weighted by Crippen LogP contribution is -2.37. The second-order valence-corrected chi connectivity index (χ2v) is 9.58. The Kier molecular flexibility index (Phi) is 12.4. The Bertz CT molecular complexity index is 1090. The van der Waals surface area contributed by atoms with Gasteiger partial charge in [0.2, 0.25) is 0 Å². The Labute approximate surface area is 212 Å². The molecule has 1 aromatic heterocycles. The van der Waals surface area contributed by atoms with Gasteiger partial charge in [-0.2, -0.15) is 0 Å². The van der Waals surface area contributed by atoms with Gasteiger partial charge in [-0.1, -0.05) is 36.9 Å². The zero-order valence-corrected chi connectivity index (χ0v) is 22.0. The lowest BCUT2D eigenvalue weighted by atomic mass is 10.2. The van der Waals surface area contributed by atoms with Crippen molar-refractivity contribution in [1.82, 2.24) is 0 Å². The maximum absolute atomic E-state index is 11.9. The summed E-state index contributed by atoms with van der Waals surface area (Å²) in [5.74, 6) is 0.175. The number of nitrogens with two attached hydrogens (primary N) is 1. The van der Waals surface area contributed by atoms with Gasteiger partial charge < -0.3 is 24.5 Å². The summed E-state index contributed by atoms with van der Waals surface area (Å²) in [5, 5.41) is 1.06. The van der Waals surface area contributed by atoms with Crippen LogP contribution in [0.3, 0.4) is 0 Å². The number of hydrogen-bond donors (Lipinski definition) is 1. The first-order chi connectivity index (χ1) is 16.8. The number of fused-ring (bicyclic) bond motifs is 1. The molecule has 2 aromatic carbocycles. The zero-order chi connectivity index (χ0) is 25.6. The normalized spacial score (nSPS) is 11.7. The summed E-state index contributed by atoms with van der Waals surface area (Å²) >= 11 is 1.45. The van der Waals surface area contributed by atoms with E-state index in [0.717, 1.165) is 22.0 Å². The van der Waals surface area contributed by atoms with Crippen LogP contribution < -0.4 is 10.3 Å². The number of benzene rings is 2. The van der Waals surface area contributed by atoms with Gasteiger partial charge in [-0.05, 0) is 55.1 Å². The molecule has 3 rings (SSSR count). The fourth-order valence-electron chi connectivity index (χ4n) is 2.77. The van der Waals surface area contributed by atoms with Crippen LogP contribution in [0.2, 0.25) is 0 Å². The Morgan fingerprint density at radius 2 is 1.89 bits per heavy atom. The molecule has 0 aliphatic carbocycles. The van der Waals surface area contributed by atoms with Crippen LogP contribution in [0, 0.1) is 0 Å². The van der Waals surface area contributed by atoms with Crippen molar-refractivity contribution in [1.29, 1.82) is 0 Å². The molecule has 2 unspecified atom stereocenters. The van der Waals surface area contributed by atoms with Crippen molar-refractivity contribution in [2.45, 2.75) is 32.2 Å². The van der Waals surface area contributed by atoms with Crippen molar-refractivity contribution < 1.29 is 28.3 Å². The second kappa shape index (κ2) is 15.3. The predicted octanol–water partition coefficient (Wildman–Crippen LogP) is 5.33. The number of carbonyl (C=O) groups excluding carboxylic acids is 2. The number of esters is 2. The molecule has 0 bridgehead atoms. The maximum atomic E-state index is 11.9. The van der Waals surface area contributed by atoms with Crippen molar-refractivity contribution in [2.75, 3.05) is 20.3 Å². The third-order valence-corrected chi connectivity index (χ3v) is 6.35. The number of carbonyl (C=O) groups is 2. The van der Waals surface area contributed by atoms with Crippen LogP contribution in [0.15, 0.2) is 67.3 Å². The first-order valence-corrected chi connectivity index (χ1v) is 13.0. The summed E-state index contributed by atoms with van der Waals surface area (Å²) in [6, 6.07) is 17.3. The van der Waals surface area contributed by atoms with Crippen molar-refractivity contribution >= 4 is 42.2 Å². The minimum absolute atomic E-state index is 0.120. The smallest absolute Gasteiger partial charge is 0.348 e. The van der Waals surface area contributed by atoms with Gasteiger partial charge in [0.15, 0.2) is 0 Å². The molecule has 2 atom stereocenters. The Balaban J connectivity index is 0.000000334. The quantitative estimate of drug-likeness (QED) is 0.209. The number of para-hydroxylation sites is 1. The molecule has 1 heterocycles. The van der Waals surface area contributed by atoms with E-state index in [1.807, 2.05) is 42.5 Å². The van der Waals surface area contributed by atoms with E-state index < -0.39 is 12.0 Å². The van der Waals surface area contributed by atoms with E-state index in [4.69, 9.17) is 19.7 Å². The van der Waals surface area contributed by atoms with Crippen LogP contribution in [-0.2, 0) is 25.2 Å². The Hall–Kier alpha value is -2.77. The second-order valence-electron chi connectivity index (χ2n) is 7.65. The predicted molar refractivity (Wildman–Crippen MR) is 142 cm³/mol. The summed E-state index contributed by atoms with van der Waals surface area (Å²) in [6.45, 7) is 7.53. The van der Waals surface area contributed by atoms with Gasteiger partial charge in [0.1, 0.15) is 23.3 Å². The van der Waals surface area contributed by atoms with E-state index >= 15 is 0 Å². The van der Waals surface area contributed by atoms with E-state index in [9.17, 15) is 9.59 Å². The lowest BCUT2D eigenvalue weighted by molar-refractivity contribution is -0.150. The van der Waals surface area contributed by atoms with Crippen molar-refractivity contribution in [3.8, 4) is 5.75 Å². The topological polar surface area (TPSA) is 97.1 Å². The average Bonchev–Trinajstić information content (AvgIpc) is 3.27. The molecule has 3 aromatic rings. The molecule has 9 heteroatoms. The molecule has 0 aliphatic rings. The molecule has 0 spiro atoms. The van der Waals surface area contributed by atoms with Gasteiger partial charge >= 0.3 is 11.9 Å². The van der Waals surface area contributed by atoms with Crippen LogP contribution in [0.4, 0.5) is 0 Å². The summed E-state index contributed by atoms with van der Waals surface area (Å²) in [6.07, 6.45) is 2.29. The third kappa shape index (κ3) is 10.2. The number of hydrogen-bond acceptors (Lipinski definition) is 8. The van der Waals surface area contributed by atoms with Crippen LogP contribution >= 0.6 is 20.1 Å².